The molecule has 0 bridgehead atoms. The highest BCUT2D eigenvalue weighted by Crippen LogP contribution is 2.16. The lowest BCUT2D eigenvalue weighted by atomic mass is 10.4. The van der Waals surface area contributed by atoms with E-state index >= 15 is 0 Å². The minimum Gasteiger partial charge on any atom is -0.401 e. The summed E-state index contributed by atoms with van der Waals surface area (Å²) in [6.45, 7) is 0. The third-order valence-corrected chi connectivity index (χ3v) is 1.15. The molecule has 1 heterocycles. The molecule has 0 aliphatic heterocycles. The van der Waals surface area contributed by atoms with E-state index in [-0.39, 0.29) is 5.88 Å². The van der Waals surface area contributed by atoms with E-state index in [0.717, 1.165) is 0 Å². The molecule has 0 N–H and O–H groups in total. The molecule has 58 valence electrons. The zero-order chi connectivity index (χ0) is 8.27. The first-order valence-corrected chi connectivity index (χ1v) is 3.18. The van der Waals surface area contributed by atoms with E-state index in [4.69, 9.17) is 16.0 Å². The van der Waals surface area contributed by atoms with Gasteiger partial charge < -0.3 is 4.42 Å². The number of hydrogen-bond donors (Lipinski definition) is 0. The molecule has 4 nitrogen and oxygen atoms in total. The molecular formula is C6H4ClNO3. The van der Waals surface area contributed by atoms with E-state index in [9.17, 15) is 10.1 Å². The molecule has 0 aromatic carbocycles. The van der Waals surface area contributed by atoms with Gasteiger partial charge in [-0.25, -0.2) is 0 Å². The Morgan fingerprint density at radius 2 is 2.36 bits per heavy atom. The average molecular weight is 174 g/mol. The third-order valence-electron chi connectivity index (χ3n) is 1.02. The Balaban J connectivity index is 2.90. The van der Waals surface area contributed by atoms with Crippen molar-refractivity contribution in [3.8, 4) is 0 Å². The quantitative estimate of drug-likeness (QED) is 0.510. The van der Waals surface area contributed by atoms with Crippen LogP contribution in [0.25, 0.3) is 6.08 Å². The minimum atomic E-state index is -0.606. The number of nitrogens with zero attached hydrogens (tertiary/aromatic N) is 1. The maximum absolute atomic E-state index is 10.1. The fraction of sp³-hybridized carbons (Fsp3) is 0. The molecule has 1 aromatic rings. The average Bonchev–Trinajstić information content (AvgIpc) is 2.37. The molecule has 5 heteroatoms. The van der Waals surface area contributed by atoms with E-state index in [1.54, 1.807) is 0 Å². The molecule has 0 aliphatic rings. The van der Waals surface area contributed by atoms with Crippen LogP contribution in [0, 0.1) is 10.1 Å². The fourth-order valence-corrected chi connectivity index (χ4v) is 0.716. The van der Waals surface area contributed by atoms with Crippen molar-refractivity contribution in [1.29, 1.82) is 0 Å². The summed E-state index contributed by atoms with van der Waals surface area (Å²) in [7, 11) is 0. The van der Waals surface area contributed by atoms with Gasteiger partial charge in [0.25, 0.3) is 0 Å². The summed E-state index contributed by atoms with van der Waals surface area (Å²) in [5.41, 5.74) is 1.22. The maximum atomic E-state index is 10.1. The van der Waals surface area contributed by atoms with Crippen molar-refractivity contribution in [2.45, 2.75) is 0 Å². The zero-order valence-corrected chi connectivity index (χ0v) is 6.12. The van der Waals surface area contributed by atoms with Crippen LogP contribution >= 0.6 is 11.6 Å². The zero-order valence-electron chi connectivity index (χ0n) is 5.36. The standard InChI is InChI=1S/C6H4ClNO3/c7-4-3-5-1-2-6(11-5)8(9)10/h1-4H. The van der Waals surface area contributed by atoms with Gasteiger partial charge in [0.15, 0.2) is 0 Å². The molecule has 0 saturated carbocycles. The van der Waals surface area contributed by atoms with E-state index in [1.165, 1.54) is 23.7 Å². The summed E-state index contributed by atoms with van der Waals surface area (Å²) < 4.78 is 4.72. The van der Waals surface area contributed by atoms with Crippen molar-refractivity contribution < 1.29 is 9.34 Å². The predicted molar refractivity (Wildman–Crippen MR) is 40.2 cm³/mol. The van der Waals surface area contributed by atoms with Crippen molar-refractivity contribution in [3.63, 3.8) is 0 Å². The summed E-state index contributed by atoms with van der Waals surface area (Å²) in [6, 6.07) is 2.74. The molecule has 0 fully saturated rings. The second kappa shape index (κ2) is 3.21. The Bertz CT molecular complexity index is 292. The Morgan fingerprint density at radius 3 is 2.82 bits per heavy atom. The molecule has 0 atom stereocenters. The Morgan fingerprint density at radius 1 is 1.64 bits per heavy atom. The van der Waals surface area contributed by atoms with E-state index < -0.39 is 4.92 Å². The van der Waals surface area contributed by atoms with Crippen molar-refractivity contribution in [3.05, 3.63) is 33.5 Å². The molecule has 1 aromatic heterocycles. The molecule has 0 amide bonds. The van der Waals surface area contributed by atoms with E-state index in [1.807, 2.05) is 0 Å². The first-order valence-electron chi connectivity index (χ1n) is 2.75. The van der Waals surface area contributed by atoms with Crippen molar-refractivity contribution in [1.82, 2.24) is 0 Å². The highest BCUT2D eigenvalue weighted by molar-refractivity contribution is 6.27. The lowest BCUT2D eigenvalue weighted by Gasteiger charge is -1.81. The van der Waals surface area contributed by atoms with Gasteiger partial charge in [-0.3, -0.25) is 10.1 Å². The van der Waals surface area contributed by atoms with Crippen LogP contribution in [0.4, 0.5) is 5.88 Å². The van der Waals surface area contributed by atoms with Crippen molar-refractivity contribution in [2.24, 2.45) is 0 Å². The number of nitro groups is 1. The molecule has 1 rings (SSSR count). The van der Waals surface area contributed by atoms with Gasteiger partial charge in [0, 0.05) is 5.54 Å². The van der Waals surface area contributed by atoms with Crippen LogP contribution < -0.4 is 0 Å². The van der Waals surface area contributed by atoms with E-state index in [0.29, 0.717) is 5.76 Å². The van der Waals surface area contributed by atoms with Gasteiger partial charge in [-0.1, -0.05) is 11.6 Å². The number of hydrogen-bond acceptors (Lipinski definition) is 3. The summed E-state index contributed by atoms with van der Waals surface area (Å²) in [5.74, 6) is 0.0847. The van der Waals surface area contributed by atoms with Crippen LogP contribution in [0.3, 0.4) is 0 Å². The number of rotatable bonds is 2. The Hall–Kier alpha value is -1.29. The molecule has 0 aliphatic carbocycles. The van der Waals surface area contributed by atoms with Crippen molar-refractivity contribution in [2.75, 3.05) is 0 Å². The van der Waals surface area contributed by atoms with Gasteiger partial charge in [0.05, 0.1) is 6.07 Å². The molecule has 11 heavy (non-hydrogen) atoms. The molecule has 0 unspecified atom stereocenters. The second-order valence-electron chi connectivity index (χ2n) is 1.73. The molecule has 0 saturated heterocycles. The van der Waals surface area contributed by atoms with Gasteiger partial charge >= 0.3 is 5.88 Å². The second-order valence-corrected chi connectivity index (χ2v) is 1.98. The molecule has 0 radical (unpaired) electrons. The SMILES string of the molecule is O=[N+]([O-])c1ccc(C=CCl)o1. The smallest absolute Gasteiger partial charge is 0.401 e. The van der Waals surface area contributed by atoms with Gasteiger partial charge in [0.1, 0.15) is 10.7 Å². The van der Waals surface area contributed by atoms with Crippen LogP contribution in [0.2, 0.25) is 0 Å². The molecule has 0 spiro atoms. The Labute approximate surface area is 67.2 Å². The monoisotopic (exact) mass is 173 g/mol. The summed E-state index contributed by atoms with van der Waals surface area (Å²) in [6.07, 6.45) is 1.43. The minimum absolute atomic E-state index is 0.283. The Kier molecular flexibility index (Phi) is 2.28. The van der Waals surface area contributed by atoms with Crippen LogP contribution in [-0.4, -0.2) is 4.92 Å². The van der Waals surface area contributed by atoms with Gasteiger partial charge in [0.2, 0.25) is 0 Å². The first-order chi connectivity index (χ1) is 5.24. The highest BCUT2D eigenvalue weighted by Gasteiger charge is 2.09. The third kappa shape index (κ3) is 1.81. The predicted octanol–water partition coefficient (Wildman–Crippen LogP) is 2.40. The van der Waals surface area contributed by atoms with Gasteiger partial charge in [-0.15, -0.1) is 0 Å². The van der Waals surface area contributed by atoms with Crippen LogP contribution in [0.1, 0.15) is 5.76 Å². The fourth-order valence-electron chi connectivity index (χ4n) is 0.592. The lowest BCUT2D eigenvalue weighted by molar-refractivity contribution is -0.402. The lowest BCUT2D eigenvalue weighted by Crippen LogP contribution is -1.82. The van der Waals surface area contributed by atoms with Crippen LogP contribution in [0.15, 0.2) is 22.1 Å². The highest BCUT2D eigenvalue weighted by atomic mass is 35.5. The first kappa shape index (κ1) is 7.81. The van der Waals surface area contributed by atoms with Crippen LogP contribution in [-0.2, 0) is 0 Å². The van der Waals surface area contributed by atoms with Crippen molar-refractivity contribution >= 4 is 23.6 Å². The topological polar surface area (TPSA) is 56.3 Å². The summed E-state index contributed by atoms with van der Waals surface area (Å²) in [4.78, 5) is 9.47. The number of furan rings is 1. The normalized spacial score (nSPS) is 10.6. The largest absolute Gasteiger partial charge is 0.433 e. The van der Waals surface area contributed by atoms with Crippen LogP contribution in [0.5, 0.6) is 0 Å². The summed E-state index contributed by atoms with van der Waals surface area (Å²) >= 11 is 5.21. The summed E-state index contributed by atoms with van der Waals surface area (Å²) in [5, 5.41) is 10.1. The maximum Gasteiger partial charge on any atom is 0.433 e. The number of halogens is 1. The van der Waals surface area contributed by atoms with E-state index in [2.05, 4.69) is 0 Å². The molecular weight excluding hydrogens is 170 g/mol. The van der Waals surface area contributed by atoms with Gasteiger partial charge in [-0.2, -0.15) is 0 Å². The van der Waals surface area contributed by atoms with Gasteiger partial charge in [-0.05, 0) is 12.1 Å².